The number of rotatable bonds is 2. The van der Waals surface area contributed by atoms with E-state index in [0.29, 0.717) is 10.0 Å². The summed E-state index contributed by atoms with van der Waals surface area (Å²) in [4.78, 5) is 4.39. The summed E-state index contributed by atoms with van der Waals surface area (Å²) in [6.07, 6.45) is 1.74. The smallest absolute Gasteiger partial charge is 0.137 e. The maximum atomic E-state index is 13.7. The lowest BCUT2D eigenvalue weighted by atomic mass is 9.97. The molecule has 1 heterocycles. The Morgan fingerprint density at radius 2 is 1.70 bits per heavy atom. The van der Waals surface area contributed by atoms with Crippen LogP contribution in [0.4, 0.5) is 4.39 Å². The van der Waals surface area contributed by atoms with E-state index in [1.807, 2.05) is 36.4 Å². The van der Waals surface area contributed by atoms with E-state index in [1.165, 1.54) is 6.07 Å². The van der Waals surface area contributed by atoms with Crippen molar-refractivity contribution in [1.29, 1.82) is 0 Å². The average molecular weight is 331 g/mol. The van der Waals surface area contributed by atoms with E-state index in [0.717, 1.165) is 16.5 Å². The minimum atomic E-state index is -0.432. The summed E-state index contributed by atoms with van der Waals surface area (Å²) in [5, 5.41) is 1.02. The molecule has 1 unspecified atom stereocenters. The van der Waals surface area contributed by atoms with Gasteiger partial charge in [-0.2, -0.15) is 0 Å². The number of nitrogens with two attached hydrogens (primary N) is 1. The lowest BCUT2D eigenvalue weighted by Gasteiger charge is -2.16. The normalized spacial score (nSPS) is 12.6. The van der Waals surface area contributed by atoms with E-state index < -0.39 is 6.04 Å². The molecule has 1 atom stereocenters. The maximum Gasteiger partial charge on any atom is 0.137 e. The molecule has 0 aliphatic rings. The van der Waals surface area contributed by atoms with Crippen LogP contribution in [-0.2, 0) is 0 Å². The zero-order valence-electron chi connectivity index (χ0n) is 10.6. The number of fused-ring (bicyclic) bond motifs is 1. The molecule has 0 fully saturated rings. The lowest BCUT2D eigenvalue weighted by molar-refractivity contribution is 0.616. The molecule has 0 spiro atoms. The first-order chi connectivity index (χ1) is 9.68. The van der Waals surface area contributed by atoms with Crippen LogP contribution in [0.15, 0.2) is 59.2 Å². The van der Waals surface area contributed by atoms with Crippen molar-refractivity contribution in [3.8, 4) is 0 Å². The van der Waals surface area contributed by atoms with Gasteiger partial charge in [-0.05, 0) is 39.2 Å². The van der Waals surface area contributed by atoms with Crippen LogP contribution in [0.5, 0.6) is 0 Å². The van der Waals surface area contributed by atoms with Gasteiger partial charge in [0, 0.05) is 11.6 Å². The van der Waals surface area contributed by atoms with Crippen molar-refractivity contribution in [1.82, 2.24) is 4.98 Å². The molecular weight excluding hydrogens is 319 g/mol. The van der Waals surface area contributed by atoms with Gasteiger partial charge in [0.25, 0.3) is 0 Å². The van der Waals surface area contributed by atoms with E-state index in [1.54, 1.807) is 12.3 Å². The van der Waals surface area contributed by atoms with E-state index in [9.17, 15) is 4.39 Å². The van der Waals surface area contributed by atoms with Crippen LogP contribution >= 0.6 is 15.9 Å². The highest BCUT2D eigenvalue weighted by Gasteiger charge is 2.17. The zero-order valence-corrected chi connectivity index (χ0v) is 12.1. The van der Waals surface area contributed by atoms with Gasteiger partial charge in [-0.1, -0.05) is 36.4 Å². The largest absolute Gasteiger partial charge is 0.320 e. The van der Waals surface area contributed by atoms with Crippen molar-refractivity contribution in [3.05, 3.63) is 76.1 Å². The second kappa shape index (κ2) is 5.31. The summed E-state index contributed by atoms with van der Waals surface area (Å²) in [6, 6.07) is 14.2. The van der Waals surface area contributed by atoms with Gasteiger partial charge in [-0.15, -0.1) is 0 Å². The molecule has 0 saturated heterocycles. The van der Waals surface area contributed by atoms with Crippen LogP contribution in [-0.4, -0.2) is 4.98 Å². The average Bonchev–Trinajstić information content (AvgIpc) is 2.49. The zero-order chi connectivity index (χ0) is 14.1. The monoisotopic (exact) mass is 330 g/mol. The summed E-state index contributed by atoms with van der Waals surface area (Å²) in [5.74, 6) is -0.314. The van der Waals surface area contributed by atoms with Crippen LogP contribution in [0.3, 0.4) is 0 Å². The van der Waals surface area contributed by atoms with E-state index in [4.69, 9.17) is 5.73 Å². The predicted octanol–water partition coefficient (Wildman–Crippen LogP) is 4.18. The molecule has 2 N–H and O–H groups in total. The molecule has 0 saturated carbocycles. The fraction of sp³-hybridized carbons (Fsp3) is 0.0625. The summed E-state index contributed by atoms with van der Waals surface area (Å²) in [7, 11) is 0. The molecule has 3 aromatic rings. The molecule has 20 heavy (non-hydrogen) atoms. The van der Waals surface area contributed by atoms with Gasteiger partial charge in [0.1, 0.15) is 5.82 Å². The standard InChI is InChI=1S/C16H12BrFN2/c17-14-11(6-2-8-13(14)18)15(19)12-7-1-4-10-5-3-9-20-16(10)12/h1-9,15H,19H2. The molecule has 0 aliphatic carbocycles. The Labute approximate surface area is 124 Å². The molecule has 4 heteroatoms. The maximum absolute atomic E-state index is 13.7. The second-order valence-corrected chi connectivity index (χ2v) is 5.34. The number of aromatic nitrogens is 1. The van der Waals surface area contributed by atoms with Crippen LogP contribution in [0.1, 0.15) is 17.2 Å². The highest BCUT2D eigenvalue weighted by atomic mass is 79.9. The summed E-state index contributed by atoms with van der Waals surface area (Å²) in [6.45, 7) is 0. The quantitative estimate of drug-likeness (QED) is 0.765. The number of hydrogen-bond acceptors (Lipinski definition) is 2. The van der Waals surface area contributed by atoms with Gasteiger partial charge in [0.05, 0.1) is 16.0 Å². The van der Waals surface area contributed by atoms with Crippen molar-refractivity contribution in [2.45, 2.75) is 6.04 Å². The van der Waals surface area contributed by atoms with Gasteiger partial charge >= 0.3 is 0 Å². The van der Waals surface area contributed by atoms with Gasteiger partial charge in [-0.3, -0.25) is 4.98 Å². The molecular formula is C16H12BrFN2. The Bertz CT molecular complexity index is 768. The first-order valence-corrected chi connectivity index (χ1v) is 7.01. The Balaban J connectivity index is 2.18. The van der Waals surface area contributed by atoms with Gasteiger partial charge in [0.2, 0.25) is 0 Å². The number of para-hydroxylation sites is 1. The van der Waals surface area contributed by atoms with Gasteiger partial charge in [-0.25, -0.2) is 4.39 Å². The second-order valence-electron chi connectivity index (χ2n) is 4.54. The van der Waals surface area contributed by atoms with Crippen LogP contribution in [0, 0.1) is 5.82 Å². The third-order valence-corrected chi connectivity index (χ3v) is 4.15. The minimum Gasteiger partial charge on any atom is -0.320 e. The van der Waals surface area contributed by atoms with Gasteiger partial charge in [0.15, 0.2) is 0 Å². The van der Waals surface area contributed by atoms with Crippen molar-refractivity contribution in [2.75, 3.05) is 0 Å². The summed E-state index contributed by atoms with van der Waals surface area (Å²) >= 11 is 3.27. The van der Waals surface area contributed by atoms with E-state index in [-0.39, 0.29) is 5.82 Å². The first-order valence-electron chi connectivity index (χ1n) is 6.21. The van der Waals surface area contributed by atoms with Crippen LogP contribution in [0.2, 0.25) is 0 Å². The molecule has 0 amide bonds. The van der Waals surface area contributed by atoms with E-state index >= 15 is 0 Å². The minimum absolute atomic E-state index is 0.314. The fourth-order valence-corrected chi connectivity index (χ4v) is 2.82. The number of pyridine rings is 1. The molecule has 0 bridgehead atoms. The van der Waals surface area contributed by atoms with Crippen molar-refractivity contribution in [2.24, 2.45) is 5.73 Å². The number of nitrogens with zero attached hydrogens (tertiary/aromatic N) is 1. The Morgan fingerprint density at radius 3 is 2.55 bits per heavy atom. The molecule has 1 aromatic heterocycles. The third-order valence-electron chi connectivity index (χ3n) is 3.32. The summed E-state index contributed by atoms with van der Waals surface area (Å²) in [5.41, 5.74) is 8.76. The number of hydrogen-bond donors (Lipinski definition) is 1. The molecule has 3 rings (SSSR count). The summed E-state index contributed by atoms with van der Waals surface area (Å²) < 4.78 is 14.1. The predicted molar refractivity (Wildman–Crippen MR) is 81.9 cm³/mol. The van der Waals surface area contributed by atoms with Crippen molar-refractivity contribution < 1.29 is 4.39 Å². The molecule has 0 radical (unpaired) electrons. The highest BCUT2D eigenvalue weighted by Crippen LogP contribution is 2.31. The van der Waals surface area contributed by atoms with Crippen molar-refractivity contribution in [3.63, 3.8) is 0 Å². The van der Waals surface area contributed by atoms with E-state index in [2.05, 4.69) is 20.9 Å². The van der Waals surface area contributed by atoms with Gasteiger partial charge < -0.3 is 5.73 Å². The number of benzene rings is 2. The number of halogens is 2. The Kier molecular flexibility index (Phi) is 3.51. The molecule has 0 aliphatic heterocycles. The van der Waals surface area contributed by atoms with Crippen molar-refractivity contribution >= 4 is 26.8 Å². The molecule has 100 valence electrons. The van der Waals surface area contributed by atoms with Crippen LogP contribution in [0.25, 0.3) is 10.9 Å². The Hall–Kier alpha value is -1.78. The third kappa shape index (κ3) is 2.21. The van der Waals surface area contributed by atoms with Crippen LogP contribution < -0.4 is 5.73 Å². The highest BCUT2D eigenvalue weighted by molar-refractivity contribution is 9.10. The SMILES string of the molecule is NC(c1cccc(F)c1Br)c1cccc2cccnc12. The first kappa shape index (κ1) is 13.2. The molecule has 2 aromatic carbocycles. The molecule has 2 nitrogen and oxygen atoms in total. The lowest BCUT2D eigenvalue weighted by Crippen LogP contribution is -2.13. The fourth-order valence-electron chi connectivity index (χ4n) is 2.31. The topological polar surface area (TPSA) is 38.9 Å². The Morgan fingerprint density at radius 1 is 1.00 bits per heavy atom.